The zero-order chi connectivity index (χ0) is 13.8. The molecule has 0 unspecified atom stereocenters. The summed E-state index contributed by atoms with van der Waals surface area (Å²) in [5.41, 5.74) is 4.71. The zero-order valence-corrected chi connectivity index (χ0v) is 12.7. The van der Waals surface area contributed by atoms with Gasteiger partial charge in [0.1, 0.15) is 0 Å². The van der Waals surface area contributed by atoms with Crippen molar-refractivity contribution in [1.82, 2.24) is 9.78 Å². The molecule has 0 aliphatic heterocycles. The minimum Gasteiger partial charge on any atom is -0.394 e. The molecule has 0 fully saturated rings. The molecule has 2 N–H and O–H groups in total. The third kappa shape index (κ3) is 3.58. The van der Waals surface area contributed by atoms with Crippen LogP contribution in [0.4, 0.5) is 5.69 Å². The van der Waals surface area contributed by atoms with Crippen LogP contribution in [0.1, 0.15) is 16.7 Å². The first-order valence-corrected chi connectivity index (χ1v) is 7.02. The van der Waals surface area contributed by atoms with Crippen LogP contribution in [-0.4, -0.2) is 21.5 Å². The highest BCUT2D eigenvalue weighted by Crippen LogP contribution is 2.25. The normalized spacial score (nSPS) is 10.7. The van der Waals surface area contributed by atoms with Gasteiger partial charge in [-0.3, -0.25) is 4.68 Å². The van der Waals surface area contributed by atoms with E-state index in [1.54, 1.807) is 4.68 Å². The lowest BCUT2D eigenvalue weighted by atomic mass is 10.1. The predicted molar refractivity (Wildman–Crippen MR) is 80.3 cm³/mol. The molecule has 1 aromatic heterocycles. The van der Waals surface area contributed by atoms with E-state index in [2.05, 4.69) is 52.3 Å². The summed E-state index contributed by atoms with van der Waals surface area (Å²) in [7, 11) is 0. The lowest BCUT2D eigenvalue weighted by Gasteiger charge is -2.12. The van der Waals surface area contributed by atoms with Crippen molar-refractivity contribution in [3.8, 4) is 0 Å². The molecule has 19 heavy (non-hydrogen) atoms. The van der Waals surface area contributed by atoms with E-state index in [4.69, 9.17) is 5.11 Å². The molecular weight excluding hydrogens is 306 g/mol. The van der Waals surface area contributed by atoms with E-state index < -0.39 is 0 Å². The van der Waals surface area contributed by atoms with Crippen LogP contribution in [0.5, 0.6) is 0 Å². The highest BCUT2D eigenvalue weighted by atomic mass is 79.9. The van der Waals surface area contributed by atoms with Crippen LogP contribution < -0.4 is 5.32 Å². The first-order chi connectivity index (χ1) is 9.10. The van der Waals surface area contributed by atoms with Gasteiger partial charge >= 0.3 is 0 Å². The highest BCUT2D eigenvalue weighted by Gasteiger charge is 2.05. The van der Waals surface area contributed by atoms with Crippen molar-refractivity contribution in [2.75, 3.05) is 11.9 Å². The number of hydrogen-bond donors (Lipinski definition) is 2. The summed E-state index contributed by atoms with van der Waals surface area (Å²) in [6, 6.07) is 4.20. The molecular formula is C14H18BrN3O. The number of anilines is 1. The smallest absolute Gasteiger partial charge is 0.0640 e. The molecule has 1 aromatic carbocycles. The maximum absolute atomic E-state index is 8.85. The van der Waals surface area contributed by atoms with E-state index in [1.807, 2.05) is 12.4 Å². The molecule has 102 valence electrons. The van der Waals surface area contributed by atoms with Crippen LogP contribution in [0.15, 0.2) is 29.0 Å². The second-order valence-electron chi connectivity index (χ2n) is 4.60. The summed E-state index contributed by atoms with van der Waals surface area (Å²) >= 11 is 3.50. The lowest BCUT2D eigenvalue weighted by Crippen LogP contribution is -2.03. The van der Waals surface area contributed by atoms with E-state index in [9.17, 15) is 0 Å². The Balaban J connectivity index is 2.05. The van der Waals surface area contributed by atoms with Crippen molar-refractivity contribution in [1.29, 1.82) is 0 Å². The number of halogens is 1. The van der Waals surface area contributed by atoms with Gasteiger partial charge in [-0.1, -0.05) is 15.9 Å². The maximum atomic E-state index is 8.85. The molecule has 0 radical (unpaired) electrons. The minimum absolute atomic E-state index is 0.111. The number of nitrogens with one attached hydrogen (secondary N) is 1. The van der Waals surface area contributed by atoms with Crippen LogP contribution in [-0.2, 0) is 13.1 Å². The second kappa shape index (κ2) is 6.21. The molecule has 0 aliphatic rings. The molecule has 0 bridgehead atoms. The minimum atomic E-state index is 0.111. The van der Waals surface area contributed by atoms with Crippen molar-refractivity contribution in [2.24, 2.45) is 0 Å². The van der Waals surface area contributed by atoms with Gasteiger partial charge < -0.3 is 10.4 Å². The average molecular weight is 324 g/mol. The van der Waals surface area contributed by atoms with Gasteiger partial charge in [-0.25, -0.2) is 0 Å². The first kappa shape index (κ1) is 14.1. The van der Waals surface area contributed by atoms with Crippen LogP contribution in [0.25, 0.3) is 0 Å². The molecule has 0 saturated carbocycles. The van der Waals surface area contributed by atoms with E-state index in [1.165, 1.54) is 11.1 Å². The lowest BCUT2D eigenvalue weighted by molar-refractivity contribution is 0.269. The third-order valence-corrected chi connectivity index (χ3v) is 3.44. The van der Waals surface area contributed by atoms with Crippen LogP contribution >= 0.6 is 15.9 Å². The number of aliphatic hydroxyl groups is 1. The number of aryl methyl sites for hydroxylation is 2. The highest BCUT2D eigenvalue weighted by molar-refractivity contribution is 9.10. The molecule has 0 saturated heterocycles. The molecule has 0 aliphatic carbocycles. The number of aromatic nitrogens is 2. The average Bonchev–Trinajstić information content (AvgIpc) is 2.76. The second-order valence-corrected chi connectivity index (χ2v) is 5.52. The summed E-state index contributed by atoms with van der Waals surface area (Å²) < 4.78 is 2.85. The number of nitrogens with zero attached hydrogens (tertiary/aromatic N) is 2. The monoisotopic (exact) mass is 323 g/mol. The van der Waals surface area contributed by atoms with Crippen molar-refractivity contribution >= 4 is 21.6 Å². The summed E-state index contributed by atoms with van der Waals surface area (Å²) in [6.07, 6.45) is 3.78. The molecule has 2 aromatic rings. The van der Waals surface area contributed by atoms with E-state index in [0.717, 1.165) is 22.3 Å². The summed E-state index contributed by atoms with van der Waals surface area (Å²) in [5.74, 6) is 0. The van der Waals surface area contributed by atoms with Gasteiger partial charge in [-0.15, -0.1) is 0 Å². The van der Waals surface area contributed by atoms with Crippen LogP contribution in [0, 0.1) is 13.8 Å². The molecule has 0 atom stereocenters. The third-order valence-electron chi connectivity index (χ3n) is 2.98. The fraction of sp³-hybridized carbons (Fsp3) is 0.357. The van der Waals surface area contributed by atoms with Crippen LogP contribution in [0.2, 0.25) is 0 Å². The topological polar surface area (TPSA) is 50.1 Å². The summed E-state index contributed by atoms with van der Waals surface area (Å²) in [4.78, 5) is 0. The molecule has 0 spiro atoms. The van der Waals surface area contributed by atoms with Crippen molar-refractivity contribution in [3.05, 3.63) is 45.7 Å². The molecule has 5 heteroatoms. The Kier molecular flexibility index (Phi) is 4.61. The van der Waals surface area contributed by atoms with E-state index in [0.29, 0.717) is 6.54 Å². The number of hydrogen-bond acceptors (Lipinski definition) is 3. The summed E-state index contributed by atoms with van der Waals surface area (Å²) in [6.45, 7) is 5.56. The van der Waals surface area contributed by atoms with Gasteiger partial charge in [0.15, 0.2) is 0 Å². The Morgan fingerprint density at radius 3 is 2.63 bits per heavy atom. The van der Waals surface area contributed by atoms with Gasteiger partial charge in [0.2, 0.25) is 0 Å². The standard InChI is InChI=1S/C14H18BrN3O/c1-10-5-13(15)6-11(2)14(10)16-7-12-8-17-18(9-12)3-4-19/h5-6,8-9,16,19H,3-4,7H2,1-2H3. The maximum Gasteiger partial charge on any atom is 0.0640 e. The number of benzene rings is 1. The molecule has 1 heterocycles. The Morgan fingerprint density at radius 1 is 1.32 bits per heavy atom. The van der Waals surface area contributed by atoms with Gasteiger partial charge in [-0.05, 0) is 37.1 Å². The SMILES string of the molecule is Cc1cc(Br)cc(C)c1NCc1cnn(CCO)c1. The molecule has 0 amide bonds. The van der Waals surface area contributed by atoms with Gasteiger partial charge in [0.05, 0.1) is 19.3 Å². The van der Waals surface area contributed by atoms with Crippen molar-refractivity contribution in [3.63, 3.8) is 0 Å². The van der Waals surface area contributed by atoms with Gasteiger partial charge in [-0.2, -0.15) is 5.10 Å². The Morgan fingerprint density at radius 2 is 2.00 bits per heavy atom. The molecule has 2 rings (SSSR count). The van der Waals surface area contributed by atoms with E-state index >= 15 is 0 Å². The zero-order valence-electron chi connectivity index (χ0n) is 11.2. The number of rotatable bonds is 5. The fourth-order valence-corrected chi connectivity index (χ4v) is 2.79. The quantitative estimate of drug-likeness (QED) is 0.889. The number of aliphatic hydroxyl groups excluding tert-OH is 1. The predicted octanol–water partition coefficient (Wildman–Crippen LogP) is 2.87. The Bertz CT molecular complexity index is 543. The fourth-order valence-electron chi connectivity index (χ4n) is 2.10. The Hall–Kier alpha value is -1.33. The summed E-state index contributed by atoms with van der Waals surface area (Å²) in [5, 5.41) is 16.5. The van der Waals surface area contributed by atoms with E-state index in [-0.39, 0.29) is 6.61 Å². The van der Waals surface area contributed by atoms with Crippen molar-refractivity contribution < 1.29 is 5.11 Å². The Labute approximate surface area is 121 Å². The first-order valence-electron chi connectivity index (χ1n) is 6.23. The van der Waals surface area contributed by atoms with Crippen LogP contribution in [0.3, 0.4) is 0 Å². The van der Waals surface area contributed by atoms with Gasteiger partial charge in [0.25, 0.3) is 0 Å². The largest absolute Gasteiger partial charge is 0.394 e. The molecule has 4 nitrogen and oxygen atoms in total. The van der Waals surface area contributed by atoms with Crippen molar-refractivity contribution in [2.45, 2.75) is 26.9 Å². The van der Waals surface area contributed by atoms with Gasteiger partial charge in [0, 0.05) is 28.5 Å².